The zero-order chi connectivity index (χ0) is 14.7. The van der Waals surface area contributed by atoms with Crippen LogP contribution in [-0.4, -0.2) is 6.61 Å². The highest BCUT2D eigenvalue weighted by molar-refractivity contribution is 9.10. The molecule has 2 aromatic rings. The number of aryl methyl sites for hydroxylation is 1. The predicted octanol–water partition coefficient (Wildman–Crippen LogP) is 6.25. The summed E-state index contributed by atoms with van der Waals surface area (Å²) in [5.41, 5.74) is 3.21. The molecule has 0 aliphatic rings. The van der Waals surface area contributed by atoms with Crippen LogP contribution in [0.5, 0.6) is 5.75 Å². The molecule has 2 rings (SSSR count). The maximum Gasteiger partial charge on any atom is 0.124 e. The van der Waals surface area contributed by atoms with Crippen molar-refractivity contribution < 1.29 is 4.74 Å². The Labute approximate surface area is 141 Å². The van der Waals surface area contributed by atoms with Gasteiger partial charge in [-0.25, -0.2) is 0 Å². The fourth-order valence-electron chi connectivity index (χ4n) is 1.95. The fraction of sp³-hybridized carbons (Fsp3) is 0.250. The summed E-state index contributed by atoms with van der Waals surface area (Å²) in [5.74, 6) is 0.826. The van der Waals surface area contributed by atoms with E-state index in [2.05, 4.69) is 50.9 Å². The summed E-state index contributed by atoms with van der Waals surface area (Å²) in [7, 11) is 0. The maximum absolute atomic E-state index is 6.65. The summed E-state index contributed by atoms with van der Waals surface area (Å²) >= 11 is 13.7. The van der Waals surface area contributed by atoms with E-state index in [0.29, 0.717) is 6.61 Å². The summed E-state index contributed by atoms with van der Waals surface area (Å²) in [6.07, 6.45) is 0. The second-order valence-corrected chi connectivity index (χ2v) is 6.69. The highest BCUT2D eigenvalue weighted by Gasteiger charge is 2.17. The third kappa shape index (κ3) is 3.57. The molecule has 0 bridgehead atoms. The van der Waals surface area contributed by atoms with Crippen LogP contribution in [0.4, 0.5) is 0 Å². The quantitative estimate of drug-likeness (QED) is 0.534. The summed E-state index contributed by atoms with van der Waals surface area (Å²) in [4.78, 5) is 0. The van der Waals surface area contributed by atoms with Crippen LogP contribution >= 0.6 is 43.5 Å². The van der Waals surface area contributed by atoms with Crippen molar-refractivity contribution in [1.82, 2.24) is 0 Å². The highest BCUT2D eigenvalue weighted by atomic mass is 79.9. The largest absolute Gasteiger partial charge is 0.494 e. The molecule has 0 spiro atoms. The molecule has 0 heterocycles. The van der Waals surface area contributed by atoms with Crippen LogP contribution in [-0.2, 0) is 0 Å². The summed E-state index contributed by atoms with van der Waals surface area (Å²) in [6, 6.07) is 12.1. The topological polar surface area (TPSA) is 9.23 Å². The van der Waals surface area contributed by atoms with Crippen LogP contribution in [0.15, 0.2) is 45.3 Å². The van der Waals surface area contributed by atoms with E-state index in [0.717, 1.165) is 25.8 Å². The lowest BCUT2D eigenvalue weighted by Gasteiger charge is -2.16. The second-order valence-electron chi connectivity index (χ2n) is 4.49. The Balaban J connectivity index is 2.43. The maximum atomic E-state index is 6.65. The van der Waals surface area contributed by atoms with E-state index < -0.39 is 0 Å². The smallest absolute Gasteiger partial charge is 0.124 e. The van der Waals surface area contributed by atoms with Gasteiger partial charge in [-0.15, -0.1) is 11.6 Å². The monoisotopic (exact) mass is 416 g/mol. The molecule has 0 saturated heterocycles. The third-order valence-electron chi connectivity index (χ3n) is 3.03. The van der Waals surface area contributed by atoms with Gasteiger partial charge >= 0.3 is 0 Å². The lowest BCUT2D eigenvalue weighted by Crippen LogP contribution is -2.00. The summed E-state index contributed by atoms with van der Waals surface area (Å²) < 4.78 is 7.73. The van der Waals surface area contributed by atoms with Gasteiger partial charge in [-0.1, -0.05) is 44.0 Å². The van der Waals surface area contributed by atoms with E-state index in [-0.39, 0.29) is 5.38 Å². The molecule has 1 nitrogen and oxygen atoms in total. The normalized spacial score (nSPS) is 12.2. The number of alkyl halides is 1. The Hall–Kier alpha value is -0.510. The van der Waals surface area contributed by atoms with Gasteiger partial charge in [0.05, 0.1) is 12.0 Å². The number of ether oxygens (including phenoxy) is 1. The van der Waals surface area contributed by atoms with Gasteiger partial charge in [0, 0.05) is 14.5 Å². The Kier molecular flexibility index (Phi) is 5.53. The molecule has 0 aliphatic heterocycles. The molecule has 0 aromatic heterocycles. The average Bonchev–Trinajstić information content (AvgIpc) is 2.43. The molecule has 0 fully saturated rings. The van der Waals surface area contributed by atoms with Gasteiger partial charge in [-0.3, -0.25) is 0 Å². The van der Waals surface area contributed by atoms with E-state index in [1.165, 1.54) is 5.56 Å². The molecule has 4 heteroatoms. The Bertz CT molecular complexity index is 613. The number of benzene rings is 2. The van der Waals surface area contributed by atoms with E-state index in [1.54, 1.807) is 0 Å². The minimum atomic E-state index is -0.244. The van der Waals surface area contributed by atoms with E-state index in [9.17, 15) is 0 Å². The van der Waals surface area contributed by atoms with Crippen LogP contribution in [0.2, 0.25) is 0 Å². The number of hydrogen-bond acceptors (Lipinski definition) is 1. The van der Waals surface area contributed by atoms with Gasteiger partial charge in [-0.05, 0) is 49.2 Å². The van der Waals surface area contributed by atoms with Crippen LogP contribution in [0, 0.1) is 6.92 Å². The van der Waals surface area contributed by atoms with Crippen molar-refractivity contribution in [2.75, 3.05) is 6.61 Å². The average molecular weight is 419 g/mol. The first-order chi connectivity index (χ1) is 9.52. The van der Waals surface area contributed by atoms with Crippen LogP contribution in [0.3, 0.4) is 0 Å². The molecule has 0 amide bonds. The molecule has 0 radical (unpaired) electrons. The lowest BCUT2D eigenvalue weighted by molar-refractivity contribution is 0.337. The number of halogens is 3. The summed E-state index contributed by atoms with van der Waals surface area (Å²) in [5, 5.41) is -0.244. The zero-order valence-corrected chi connectivity index (χ0v) is 15.2. The molecule has 0 N–H and O–H groups in total. The van der Waals surface area contributed by atoms with E-state index in [1.807, 2.05) is 31.2 Å². The van der Waals surface area contributed by atoms with Gasteiger partial charge in [0.25, 0.3) is 0 Å². The van der Waals surface area contributed by atoms with Gasteiger partial charge in [0.2, 0.25) is 0 Å². The third-order valence-corrected chi connectivity index (χ3v) is 4.87. The first kappa shape index (κ1) is 15.9. The molecular formula is C16H15Br2ClO. The number of hydrogen-bond donors (Lipinski definition) is 0. The van der Waals surface area contributed by atoms with Crippen molar-refractivity contribution in [3.8, 4) is 5.75 Å². The summed E-state index contributed by atoms with van der Waals surface area (Å²) in [6.45, 7) is 4.65. The molecule has 1 atom stereocenters. The van der Waals surface area contributed by atoms with Gasteiger partial charge in [0.15, 0.2) is 0 Å². The second kappa shape index (κ2) is 6.97. The molecule has 106 valence electrons. The van der Waals surface area contributed by atoms with Crippen molar-refractivity contribution in [2.24, 2.45) is 0 Å². The molecule has 0 aliphatic carbocycles. The lowest BCUT2D eigenvalue weighted by atomic mass is 10.0. The van der Waals surface area contributed by atoms with Crippen molar-refractivity contribution in [2.45, 2.75) is 19.2 Å². The van der Waals surface area contributed by atoms with Crippen LogP contribution in [0.25, 0.3) is 0 Å². The number of rotatable bonds is 4. The van der Waals surface area contributed by atoms with Crippen molar-refractivity contribution in [3.63, 3.8) is 0 Å². The SMILES string of the molecule is CCOc1ccc(Br)cc1C(Cl)c1ccc(C)c(Br)c1. The Morgan fingerprint density at radius 2 is 1.90 bits per heavy atom. The molecule has 0 saturated carbocycles. The first-order valence-electron chi connectivity index (χ1n) is 6.35. The van der Waals surface area contributed by atoms with E-state index in [4.69, 9.17) is 16.3 Å². The van der Waals surface area contributed by atoms with Crippen molar-refractivity contribution in [1.29, 1.82) is 0 Å². The van der Waals surface area contributed by atoms with E-state index >= 15 is 0 Å². The van der Waals surface area contributed by atoms with Crippen LogP contribution in [0.1, 0.15) is 29.0 Å². The van der Waals surface area contributed by atoms with Gasteiger partial charge in [-0.2, -0.15) is 0 Å². The van der Waals surface area contributed by atoms with Gasteiger partial charge in [0.1, 0.15) is 5.75 Å². The van der Waals surface area contributed by atoms with Crippen molar-refractivity contribution in [3.05, 3.63) is 62.0 Å². The minimum absolute atomic E-state index is 0.244. The first-order valence-corrected chi connectivity index (χ1v) is 8.37. The molecule has 20 heavy (non-hydrogen) atoms. The molecular weight excluding hydrogens is 403 g/mol. The molecule has 2 aromatic carbocycles. The zero-order valence-electron chi connectivity index (χ0n) is 11.3. The van der Waals surface area contributed by atoms with Crippen LogP contribution < -0.4 is 4.74 Å². The highest BCUT2D eigenvalue weighted by Crippen LogP contribution is 2.38. The fourth-order valence-corrected chi connectivity index (χ4v) is 3.03. The van der Waals surface area contributed by atoms with Crippen molar-refractivity contribution >= 4 is 43.5 Å². The standard InChI is InChI=1S/C16H15Br2ClO/c1-3-20-15-7-6-12(17)9-13(15)16(19)11-5-4-10(2)14(18)8-11/h4-9,16H,3H2,1-2H3. The van der Waals surface area contributed by atoms with Gasteiger partial charge < -0.3 is 4.74 Å². The predicted molar refractivity (Wildman–Crippen MR) is 91.9 cm³/mol. The Morgan fingerprint density at radius 1 is 1.15 bits per heavy atom. The molecule has 1 unspecified atom stereocenters. The minimum Gasteiger partial charge on any atom is -0.494 e. The Morgan fingerprint density at radius 3 is 2.55 bits per heavy atom.